The van der Waals surface area contributed by atoms with Gasteiger partial charge in [-0.25, -0.2) is 4.79 Å². The predicted molar refractivity (Wildman–Crippen MR) is 56.8 cm³/mol. The van der Waals surface area contributed by atoms with Crippen molar-refractivity contribution in [2.24, 2.45) is 0 Å². The zero-order chi connectivity index (χ0) is 10.8. The predicted octanol–water partition coefficient (Wildman–Crippen LogP) is 2.05. The minimum atomic E-state index is -0.380. The third-order valence-corrected chi connectivity index (χ3v) is 2.19. The van der Waals surface area contributed by atoms with Crippen molar-refractivity contribution in [3.63, 3.8) is 0 Å². The Bertz CT molecular complexity index is 502. The summed E-state index contributed by atoms with van der Waals surface area (Å²) < 4.78 is 4.91. The van der Waals surface area contributed by atoms with E-state index in [9.17, 15) is 4.79 Å². The van der Waals surface area contributed by atoms with Gasteiger partial charge in [-0.1, -0.05) is 11.6 Å². The Morgan fingerprint density at radius 3 is 3.07 bits per heavy atom. The molecule has 4 nitrogen and oxygen atoms in total. The monoisotopic (exact) mass is 204 g/mol. The highest BCUT2D eigenvalue weighted by molar-refractivity contribution is 6.02. The molecule has 1 aromatic carbocycles. The second kappa shape index (κ2) is 3.73. The number of benzene rings is 1. The number of hydrogen-bond donors (Lipinski definition) is 1. The molecule has 15 heavy (non-hydrogen) atoms. The SMILES string of the molecule is CCOC(=O)c1n[nH]c2ccc(C)cc12. The van der Waals surface area contributed by atoms with Crippen LogP contribution in [0.3, 0.4) is 0 Å². The van der Waals surface area contributed by atoms with E-state index in [2.05, 4.69) is 10.2 Å². The van der Waals surface area contributed by atoms with E-state index in [0.717, 1.165) is 16.5 Å². The second-order valence-electron chi connectivity index (χ2n) is 3.34. The van der Waals surface area contributed by atoms with Crippen LogP contribution in [0.2, 0.25) is 0 Å². The first-order valence-electron chi connectivity index (χ1n) is 4.84. The quantitative estimate of drug-likeness (QED) is 0.761. The fraction of sp³-hybridized carbons (Fsp3) is 0.273. The summed E-state index contributed by atoms with van der Waals surface area (Å²) in [6, 6.07) is 5.79. The van der Waals surface area contributed by atoms with Gasteiger partial charge in [-0.2, -0.15) is 5.10 Å². The maximum Gasteiger partial charge on any atom is 0.359 e. The van der Waals surface area contributed by atoms with Crippen LogP contribution in [-0.2, 0) is 4.74 Å². The number of aromatic amines is 1. The lowest BCUT2D eigenvalue weighted by molar-refractivity contribution is 0.0521. The molecule has 2 aromatic rings. The summed E-state index contributed by atoms with van der Waals surface area (Å²) in [5.74, 6) is -0.380. The number of rotatable bonds is 2. The zero-order valence-electron chi connectivity index (χ0n) is 8.70. The summed E-state index contributed by atoms with van der Waals surface area (Å²) >= 11 is 0. The summed E-state index contributed by atoms with van der Waals surface area (Å²) in [4.78, 5) is 11.5. The Morgan fingerprint density at radius 2 is 2.33 bits per heavy atom. The average Bonchev–Trinajstić information content (AvgIpc) is 2.60. The molecule has 78 valence electrons. The highest BCUT2D eigenvalue weighted by Crippen LogP contribution is 2.17. The van der Waals surface area contributed by atoms with Crippen molar-refractivity contribution < 1.29 is 9.53 Å². The Kier molecular flexibility index (Phi) is 2.41. The van der Waals surface area contributed by atoms with E-state index in [1.807, 2.05) is 25.1 Å². The lowest BCUT2D eigenvalue weighted by Crippen LogP contribution is -2.05. The van der Waals surface area contributed by atoms with Crippen LogP contribution >= 0.6 is 0 Å². The number of hydrogen-bond acceptors (Lipinski definition) is 3. The number of H-pyrrole nitrogens is 1. The van der Waals surface area contributed by atoms with Crippen molar-refractivity contribution in [3.8, 4) is 0 Å². The van der Waals surface area contributed by atoms with Crippen LogP contribution in [0.15, 0.2) is 18.2 Å². The minimum absolute atomic E-state index is 0.357. The van der Waals surface area contributed by atoms with Crippen LogP contribution in [0, 0.1) is 6.92 Å². The number of esters is 1. The lowest BCUT2D eigenvalue weighted by atomic mass is 10.1. The Morgan fingerprint density at radius 1 is 1.53 bits per heavy atom. The summed E-state index contributed by atoms with van der Waals surface area (Å²) in [5, 5.41) is 7.57. The van der Waals surface area contributed by atoms with Gasteiger partial charge in [0.15, 0.2) is 5.69 Å². The van der Waals surface area contributed by atoms with Crippen LogP contribution in [0.4, 0.5) is 0 Å². The fourth-order valence-electron chi connectivity index (χ4n) is 1.48. The van der Waals surface area contributed by atoms with Crippen LogP contribution in [0.25, 0.3) is 10.9 Å². The van der Waals surface area contributed by atoms with E-state index in [4.69, 9.17) is 4.74 Å². The highest BCUT2D eigenvalue weighted by Gasteiger charge is 2.14. The van der Waals surface area contributed by atoms with Gasteiger partial charge in [0.25, 0.3) is 0 Å². The largest absolute Gasteiger partial charge is 0.461 e. The van der Waals surface area contributed by atoms with Gasteiger partial charge in [0.05, 0.1) is 12.1 Å². The summed E-state index contributed by atoms with van der Waals surface area (Å²) in [7, 11) is 0. The van der Waals surface area contributed by atoms with Crippen molar-refractivity contribution in [2.45, 2.75) is 13.8 Å². The molecule has 1 heterocycles. The number of carbonyl (C=O) groups is 1. The first-order chi connectivity index (χ1) is 7.22. The first kappa shape index (κ1) is 9.71. The molecule has 0 bridgehead atoms. The Labute approximate surface area is 87.2 Å². The molecule has 0 aliphatic heterocycles. The smallest absolute Gasteiger partial charge is 0.359 e. The molecule has 0 aliphatic rings. The van der Waals surface area contributed by atoms with E-state index in [1.165, 1.54) is 0 Å². The van der Waals surface area contributed by atoms with Gasteiger partial charge in [0.1, 0.15) is 0 Å². The molecule has 0 atom stereocenters. The molecule has 0 aliphatic carbocycles. The molecular weight excluding hydrogens is 192 g/mol. The molecule has 1 aromatic heterocycles. The number of fused-ring (bicyclic) bond motifs is 1. The molecule has 4 heteroatoms. The van der Waals surface area contributed by atoms with E-state index in [-0.39, 0.29) is 5.97 Å². The lowest BCUT2D eigenvalue weighted by Gasteiger charge is -1.98. The molecular formula is C11H12N2O2. The summed E-state index contributed by atoms with van der Waals surface area (Å²) in [6.45, 7) is 4.11. The molecule has 0 saturated heterocycles. The number of nitrogens with one attached hydrogen (secondary N) is 1. The Hall–Kier alpha value is -1.84. The number of aryl methyl sites for hydroxylation is 1. The van der Waals surface area contributed by atoms with E-state index in [0.29, 0.717) is 12.3 Å². The van der Waals surface area contributed by atoms with E-state index >= 15 is 0 Å². The second-order valence-corrected chi connectivity index (χ2v) is 3.34. The third-order valence-electron chi connectivity index (χ3n) is 2.19. The van der Waals surface area contributed by atoms with Gasteiger partial charge in [-0.3, -0.25) is 5.10 Å². The van der Waals surface area contributed by atoms with Crippen molar-refractivity contribution in [1.82, 2.24) is 10.2 Å². The van der Waals surface area contributed by atoms with Crippen LogP contribution < -0.4 is 0 Å². The van der Waals surface area contributed by atoms with Gasteiger partial charge >= 0.3 is 5.97 Å². The zero-order valence-corrected chi connectivity index (χ0v) is 8.70. The maximum atomic E-state index is 11.5. The van der Waals surface area contributed by atoms with Gasteiger partial charge in [-0.05, 0) is 26.0 Å². The molecule has 2 rings (SSSR count). The van der Waals surface area contributed by atoms with Crippen molar-refractivity contribution in [1.29, 1.82) is 0 Å². The molecule has 0 amide bonds. The van der Waals surface area contributed by atoms with E-state index < -0.39 is 0 Å². The highest BCUT2D eigenvalue weighted by atomic mass is 16.5. The van der Waals surface area contributed by atoms with Gasteiger partial charge in [0, 0.05) is 5.39 Å². The third kappa shape index (κ3) is 1.70. The molecule has 0 spiro atoms. The number of ether oxygens (including phenoxy) is 1. The number of nitrogens with zero attached hydrogens (tertiary/aromatic N) is 1. The maximum absolute atomic E-state index is 11.5. The van der Waals surface area contributed by atoms with Crippen molar-refractivity contribution >= 4 is 16.9 Å². The first-order valence-corrected chi connectivity index (χ1v) is 4.84. The number of carbonyl (C=O) groups excluding carboxylic acids is 1. The molecule has 0 unspecified atom stereocenters. The normalized spacial score (nSPS) is 10.5. The molecule has 0 saturated carbocycles. The van der Waals surface area contributed by atoms with Crippen molar-refractivity contribution in [2.75, 3.05) is 6.61 Å². The van der Waals surface area contributed by atoms with Gasteiger partial charge in [0.2, 0.25) is 0 Å². The van der Waals surface area contributed by atoms with Crippen LogP contribution in [-0.4, -0.2) is 22.8 Å². The molecule has 0 fully saturated rings. The fourth-order valence-corrected chi connectivity index (χ4v) is 1.48. The van der Waals surface area contributed by atoms with E-state index in [1.54, 1.807) is 6.92 Å². The minimum Gasteiger partial charge on any atom is -0.461 e. The van der Waals surface area contributed by atoms with Crippen LogP contribution in [0.5, 0.6) is 0 Å². The number of aromatic nitrogens is 2. The standard InChI is InChI=1S/C11H12N2O2/c1-3-15-11(14)10-8-6-7(2)4-5-9(8)12-13-10/h4-6H,3H2,1-2H3,(H,12,13). The van der Waals surface area contributed by atoms with Crippen LogP contribution in [0.1, 0.15) is 23.0 Å². The van der Waals surface area contributed by atoms with Gasteiger partial charge < -0.3 is 4.74 Å². The molecule has 1 N–H and O–H groups in total. The van der Waals surface area contributed by atoms with Gasteiger partial charge in [-0.15, -0.1) is 0 Å². The molecule has 0 radical (unpaired) electrons. The topological polar surface area (TPSA) is 55.0 Å². The Balaban J connectivity index is 2.52. The van der Waals surface area contributed by atoms with Crippen molar-refractivity contribution in [3.05, 3.63) is 29.5 Å². The average molecular weight is 204 g/mol. The summed E-state index contributed by atoms with van der Waals surface area (Å²) in [5.41, 5.74) is 2.30. The summed E-state index contributed by atoms with van der Waals surface area (Å²) in [6.07, 6.45) is 0.